The van der Waals surface area contributed by atoms with Crippen LogP contribution >= 0.6 is 12.6 Å². The molecule has 10 amide bonds. The summed E-state index contributed by atoms with van der Waals surface area (Å²) in [7, 11) is 0. The van der Waals surface area contributed by atoms with Gasteiger partial charge >= 0.3 is 5.97 Å². The molecule has 83 heavy (non-hydrogen) atoms. The lowest BCUT2D eigenvalue weighted by Gasteiger charge is -2.34. The number of phenols is 1. The number of rotatable bonds is 34. The Morgan fingerprint density at radius 1 is 0.699 bits per heavy atom. The van der Waals surface area contributed by atoms with Crippen LogP contribution in [0.5, 0.6) is 5.75 Å². The summed E-state index contributed by atoms with van der Waals surface area (Å²) in [4.78, 5) is 155. The predicted octanol–water partition coefficient (Wildman–Crippen LogP) is -5.33. The molecule has 1 aliphatic rings. The van der Waals surface area contributed by atoms with E-state index in [2.05, 4.69) is 60.2 Å². The molecular formula is C52H87N15O15S. The highest BCUT2D eigenvalue weighted by atomic mass is 32.1. The molecule has 466 valence electrons. The van der Waals surface area contributed by atoms with Crippen molar-refractivity contribution in [3.8, 4) is 5.75 Å². The number of nitrogens with zero attached hydrogens (tertiary/aromatic N) is 2. The lowest BCUT2D eigenvalue weighted by molar-refractivity contribution is -0.145. The molecule has 2 rings (SSSR count). The van der Waals surface area contributed by atoms with E-state index in [1.807, 2.05) is 0 Å². The van der Waals surface area contributed by atoms with Crippen LogP contribution in [0.3, 0.4) is 0 Å². The number of amides is 10. The SMILES string of the molecule is CC[C@H](C)[C@H](NC(=O)[C@@H]1CCCN1C(=O)[C@@H](N)C(C)C)C(=O)N[C@H](C(=O)N[C@@H](Cc1ccc(O)cc1)C(=O)N[C@H](C(=O)N[C@@H](CC(N)=O)C(=O)N[C@@H](CCCN=C(N)N)C(=O)N[C@@H](CCN)C(=O)N[C@H](C(=O)O)[C@@H](C)O)[C@@H](C)O)C(C)(C)S. The van der Waals surface area contributed by atoms with E-state index in [1.54, 1.807) is 27.7 Å². The second-order valence-electron chi connectivity index (χ2n) is 21.5. The van der Waals surface area contributed by atoms with Crippen molar-refractivity contribution < 1.29 is 73.2 Å². The van der Waals surface area contributed by atoms with Crippen LogP contribution in [0, 0.1) is 11.8 Å². The fraction of sp³-hybridized carbons (Fsp3) is 0.654. The van der Waals surface area contributed by atoms with E-state index in [0.29, 0.717) is 24.8 Å². The average Bonchev–Trinajstić information content (AvgIpc) is 4.14. The van der Waals surface area contributed by atoms with Crippen molar-refractivity contribution in [2.24, 2.45) is 45.5 Å². The van der Waals surface area contributed by atoms with E-state index in [1.165, 1.54) is 43.0 Å². The first kappa shape index (κ1) is 71.8. The van der Waals surface area contributed by atoms with E-state index in [9.17, 15) is 73.2 Å². The van der Waals surface area contributed by atoms with Crippen LogP contribution in [0.25, 0.3) is 0 Å². The van der Waals surface area contributed by atoms with Crippen molar-refractivity contribution in [1.29, 1.82) is 0 Å². The molecule has 0 saturated carbocycles. The van der Waals surface area contributed by atoms with Crippen LogP contribution in [0.1, 0.15) is 106 Å². The van der Waals surface area contributed by atoms with Gasteiger partial charge in [-0.3, -0.25) is 52.9 Å². The second-order valence-corrected chi connectivity index (χ2v) is 22.7. The molecular weight excluding hydrogens is 1110 g/mol. The topological polar surface area (TPSA) is 511 Å². The maximum Gasteiger partial charge on any atom is 0.328 e. The summed E-state index contributed by atoms with van der Waals surface area (Å²) in [6.45, 7) is 12.2. The Morgan fingerprint density at radius 3 is 1.71 bits per heavy atom. The number of likely N-dealkylation sites (tertiary alicyclic amines) is 1. The average molecular weight is 1190 g/mol. The number of primary amides is 1. The van der Waals surface area contributed by atoms with Crippen molar-refractivity contribution in [3.63, 3.8) is 0 Å². The molecule has 30 nitrogen and oxygen atoms in total. The normalized spacial score (nSPS) is 17.6. The Morgan fingerprint density at radius 2 is 1.20 bits per heavy atom. The monoisotopic (exact) mass is 1190 g/mol. The number of aromatic hydroxyl groups is 1. The molecule has 0 spiro atoms. The number of aliphatic hydroxyl groups is 2. The molecule has 0 aromatic heterocycles. The maximum atomic E-state index is 14.5. The third-order valence-electron chi connectivity index (χ3n) is 13.7. The number of hydrogen-bond acceptors (Lipinski definition) is 18. The van der Waals surface area contributed by atoms with Gasteiger partial charge in [-0.05, 0) is 95.9 Å². The number of phenolic OH excluding ortho intramolecular Hbond substituents is 1. The van der Waals surface area contributed by atoms with Gasteiger partial charge in [-0.15, -0.1) is 0 Å². The van der Waals surface area contributed by atoms with Gasteiger partial charge in [-0.25, -0.2) is 4.79 Å². The quantitative estimate of drug-likeness (QED) is 0.0133. The van der Waals surface area contributed by atoms with Gasteiger partial charge in [0, 0.05) is 24.3 Å². The Kier molecular flexibility index (Phi) is 29.1. The summed E-state index contributed by atoms with van der Waals surface area (Å²) in [5.41, 5.74) is 28.5. The van der Waals surface area contributed by atoms with Crippen LogP contribution in [-0.4, -0.2) is 193 Å². The van der Waals surface area contributed by atoms with Gasteiger partial charge in [-0.2, -0.15) is 12.6 Å². The van der Waals surface area contributed by atoms with Crippen molar-refractivity contribution in [2.75, 3.05) is 19.6 Å². The minimum Gasteiger partial charge on any atom is -0.508 e. The number of carbonyl (C=O) groups excluding carboxylic acids is 10. The maximum absolute atomic E-state index is 14.5. The second kappa shape index (κ2) is 33.7. The molecule has 1 aromatic carbocycles. The van der Waals surface area contributed by atoms with Crippen molar-refractivity contribution in [3.05, 3.63) is 29.8 Å². The molecule has 22 N–H and O–H groups in total. The Bertz CT molecular complexity index is 2460. The third-order valence-corrected chi connectivity index (χ3v) is 14.0. The van der Waals surface area contributed by atoms with Crippen LogP contribution in [-0.2, 0) is 59.2 Å². The van der Waals surface area contributed by atoms with Gasteiger partial charge in [0.1, 0.15) is 54.1 Å². The lowest BCUT2D eigenvalue weighted by atomic mass is 9.95. The number of aliphatic hydroxyl groups excluding tert-OH is 2. The summed E-state index contributed by atoms with van der Waals surface area (Å²) < 4.78 is -1.39. The molecule has 0 bridgehead atoms. The Labute approximate surface area is 487 Å². The molecule has 1 fully saturated rings. The van der Waals surface area contributed by atoms with Gasteiger partial charge in [0.25, 0.3) is 0 Å². The number of aliphatic carboxylic acids is 1. The fourth-order valence-corrected chi connectivity index (χ4v) is 8.77. The highest BCUT2D eigenvalue weighted by Crippen LogP contribution is 2.23. The molecule has 0 aliphatic carbocycles. The summed E-state index contributed by atoms with van der Waals surface area (Å²) in [6.07, 6.45) is -3.88. The van der Waals surface area contributed by atoms with E-state index in [4.69, 9.17) is 28.7 Å². The molecule has 13 atom stereocenters. The first-order valence-corrected chi connectivity index (χ1v) is 27.7. The van der Waals surface area contributed by atoms with Gasteiger partial charge in [-0.1, -0.05) is 46.2 Å². The minimum absolute atomic E-state index is 0.00575. The molecule has 0 unspecified atom stereocenters. The van der Waals surface area contributed by atoms with E-state index >= 15 is 0 Å². The number of aliphatic imine (C=N–C) groups is 1. The number of hydrogen-bond donors (Lipinski definition) is 18. The van der Waals surface area contributed by atoms with Gasteiger partial charge in [0.2, 0.25) is 59.1 Å². The summed E-state index contributed by atoms with van der Waals surface area (Å²) in [5.74, 6) is -12.4. The van der Waals surface area contributed by atoms with Gasteiger partial charge in [0.15, 0.2) is 12.0 Å². The number of thiol groups is 1. The summed E-state index contributed by atoms with van der Waals surface area (Å²) in [6, 6.07) is -9.51. The molecule has 1 saturated heterocycles. The first-order chi connectivity index (χ1) is 38.6. The molecule has 0 radical (unpaired) electrons. The molecule has 1 aromatic rings. The minimum atomic E-state index is -1.96. The number of nitrogens with two attached hydrogens (primary N) is 5. The number of guanidine groups is 1. The van der Waals surface area contributed by atoms with Crippen LogP contribution in [0.15, 0.2) is 29.3 Å². The largest absolute Gasteiger partial charge is 0.508 e. The highest BCUT2D eigenvalue weighted by molar-refractivity contribution is 7.81. The molecule has 1 heterocycles. The fourth-order valence-electron chi connectivity index (χ4n) is 8.58. The number of carboxylic acid groups (broad SMARTS) is 1. The third kappa shape index (κ3) is 23.1. The highest BCUT2D eigenvalue weighted by Gasteiger charge is 2.43. The Hall–Kier alpha value is -7.35. The van der Waals surface area contributed by atoms with E-state index in [0.717, 1.165) is 13.8 Å². The number of benzene rings is 1. The van der Waals surface area contributed by atoms with Crippen molar-refractivity contribution >= 4 is 83.6 Å². The number of carboxylic acids is 1. The zero-order chi connectivity index (χ0) is 63.2. The lowest BCUT2D eigenvalue weighted by Crippen LogP contribution is -2.64. The van der Waals surface area contributed by atoms with Crippen LogP contribution < -0.4 is 71.2 Å². The zero-order valence-corrected chi connectivity index (χ0v) is 49.1. The Balaban J connectivity index is 2.51. The van der Waals surface area contributed by atoms with Crippen LogP contribution in [0.2, 0.25) is 0 Å². The van der Waals surface area contributed by atoms with Crippen molar-refractivity contribution in [2.45, 2.75) is 184 Å². The van der Waals surface area contributed by atoms with E-state index in [-0.39, 0.29) is 62.9 Å². The van der Waals surface area contributed by atoms with Gasteiger partial charge in [0.05, 0.1) is 24.7 Å². The number of carbonyl (C=O) groups is 11. The first-order valence-electron chi connectivity index (χ1n) is 27.3. The van der Waals surface area contributed by atoms with Crippen molar-refractivity contribution in [1.82, 2.24) is 47.4 Å². The smallest absolute Gasteiger partial charge is 0.328 e. The van der Waals surface area contributed by atoms with Crippen LogP contribution in [0.4, 0.5) is 0 Å². The van der Waals surface area contributed by atoms with E-state index < -0.39 is 155 Å². The predicted molar refractivity (Wildman–Crippen MR) is 306 cm³/mol. The van der Waals surface area contributed by atoms with Gasteiger partial charge < -0.3 is 96.5 Å². The standard InChI is InChI=1S/C52H87N15O15S/c1-9-25(4)37(63-45(76)34-13-11-21-67(34)49(80)36(55)24(2)3)46(77)66-40(52(7,8)83)48(79)62-32(22-28-14-16-29(70)17-15-28)44(75)64-38(26(5)68)47(78)61-33(23-35(54)71)43(74)59-30(12-10-20-58-51(56)57)41(72)60-31(18-19-53)42(73)65-39(27(6)69)50(81)82/h14-17,24-27,30-34,36-40,68-70,83H,9-13,18-23,53,55H2,1-8H3,(H2,54,71)(H,59,74)(H,60,72)(H,61,78)(H,62,79)(H,63,76)(H,64,75)(H,65,73)(H,66,77)(H,81,82)(H4,56,57,58)/t25-,26+,27+,30-,31-,32-,33-,34-,36-,37-,38-,39-,40+/m0/s1. The molecule has 31 heteroatoms. The number of nitrogens with one attached hydrogen (secondary N) is 8. The molecule has 1 aliphatic heterocycles. The zero-order valence-electron chi connectivity index (χ0n) is 48.2. The summed E-state index contributed by atoms with van der Waals surface area (Å²) in [5, 5.41) is 59.9. The summed E-state index contributed by atoms with van der Waals surface area (Å²) >= 11 is 4.62.